The second kappa shape index (κ2) is 9.32. The predicted molar refractivity (Wildman–Crippen MR) is 121 cm³/mol. The van der Waals surface area contributed by atoms with Crippen LogP contribution in [0.5, 0.6) is 0 Å². The van der Waals surface area contributed by atoms with Gasteiger partial charge in [-0.1, -0.05) is 13.8 Å². The molecule has 4 N–H and O–H groups in total. The van der Waals surface area contributed by atoms with E-state index in [0.717, 1.165) is 0 Å². The van der Waals surface area contributed by atoms with E-state index in [1.165, 1.54) is 21.6 Å². The van der Waals surface area contributed by atoms with Gasteiger partial charge in [0.05, 0.1) is 29.5 Å². The standard InChI is InChI=1S/C20H32N4O6S2/c1-10(9-32(29,30)6-5-21)14-15-11(2)17(16(20(27)28)24(15)19(14)26)31-12-7-13(22-8-12)18(25)23(3)4/h10-15,22H,5-9,21H2,1-4H3,(H,27,28)/t10-,11+,12-,13-,14+,15+/m0/s1. The van der Waals surface area contributed by atoms with E-state index in [1.54, 1.807) is 21.0 Å². The Morgan fingerprint density at radius 2 is 2.03 bits per heavy atom. The number of nitrogens with two attached hydrogens (primary N) is 1. The van der Waals surface area contributed by atoms with Crippen molar-refractivity contribution in [1.29, 1.82) is 0 Å². The molecule has 3 aliphatic heterocycles. The van der Waals surface area contributed by atoms with Crippen LogP contribution in [0, 0.1) is 17.8 Å². The summed E-state index contributed by atoms with van der Waals surface area (Å²) in [5.74, 6) is -3.01. The first-order valence-corrected chi connectivity index (χ1v) is 13.4. The lowest BCUT2D eigenvalue weighted by atomic mass is 9.75. The summed E-state index contributed by atoms with van der Waals surface area (Å²) < 4.78 is 24.4. The van der Waals surface area contributed by atoms with Gasteiger partial charge < -0.3 is 26.0 Å². The van der Waals surface area contributed by atoms with Crippen LogP contribution in [0.3, 0.4) is 0 Å². The van der Waals surface area contributed by atoms with Gasteiger partial charge in [-0.05, 0) is 12.3 Å². The number of carboxylic acid groups (broad SMARTS) is 1. The van der Waals surface area contributed by atoms with Gasteiger partial charge in [-0.2, -0.15) is 0 Å². The van der Waals surface area contributed by atoms with E-state index in [4.69, 9.17) is 5.73 Å². The van der Waals surface area contributed by atoms with Gasteiger partial charge in [0.15, 0.2) is 9.84 Å². The third kappa shape index (κ3) is 4.55. The zero-order valence-corrected chi connectivity index (χ0v) is 20.4. The topological polar surface area (TPSA) is 150 Å². The first kappa shape index (κ1) is 25.0. The molecule has 0 saturated carbocycles. The molecule has 0 spiro atoms. The van der Waals surface area contributed by atoms with E-state index in [-0.39, 0.29) is 58.8 Å². The summed E-state index contributed by atoms with van der Waals surface area (Å²) in [7, 11) is 0.00913. The van der Waals surface area contributed by atoms with Gasteiger partial charge >= 0.3 is 5.97 Å². The zero-order valence-electron chi connectivity index (χ0n) is 18.8. The first-order chi connectivity index (χ1) is 14.9. The van der Waals surface area contributed by atoms with Gasteiger partial charge in [0, 0.05) is 43.3 Å². The summed E-state index contributed by atoms with van der Waals surface area (Å²) in [6, 6.07) is -0.681. The van der Waals surface area contributed by atoms with Crippen molar-refractivity contribution < 1.29 is 27.9 Å². The number of amides is 2. The molecule has 2 fully saturated rings. The molecule has 0 aromatic rings. The lowest BCUT2D eigenvalue weighted by Crippen LogP contribution is -2.63. The molecule has 0 aromatic heterocycles. The fraction of sp³-hybridized carbons (Fsp3) is 0.750. The Balaban J connectivity index is 1.76. The number of carbonyl (C=O) groups excluding carboxylic acids is 2. The molecule has 0 aromatic carbocycles. The molecule has 3 heterocycles. The molecular formula is C20H32N4O6S2. The Bertz CT molecular complexity index is 934. The fourth-order valence-electron chi connectivity index (χ4n) is 5.01. The molecule has 12 heteroatoms. The summed E-state index contributed by atoms with van der Waals surface area (Å²) in [5.41, 5.74) is 5.38. The molecule has 3 aliphatic rings. The maximum Gasteiger partial charge on any atom is 0.353 e. The molecule has 10 nitrogen and oxygen atoms in total. The average Bonchev–Trinajstić information content (AvgIpc) is 3.23. The van der Waals surface area contributed by atoms with Crippen LogP contribution in [0.15, 0.2) is 10.6 Å². The lowest BCUT2D eigenvalue weighted by molar-refractivity contribution is -0.159. The summed E-state index contributed by atoms with van der Waals surface area (Å²) in [4.78, 5) is 40.7. The number of sulfone groups is 1. The Morgan fingerprint density at radius 1 is 1.38 bits per heavy atom. The van der Waals surface area contributed by atoms with Crippen LogP contribution in [0.25, 0.3) is 0 Å². The monoisotopic (exact) mass is 488 g/mol. The highest BCUT2D eigenvalue weighted by Gasteiger charge is 2.60. The largest absolute Gasteiger partial charge is 0.477 e. The van der Waals surface area contributed by atoms with Crippen molar-refractivity contribution in [2.45, 2.75) is 37.6 Å². The maximum absolute atomic E-state index is 12.9. The number of rotatable bonds is 9. The highest BCUT2D eigenvalue weighted by molar-refractivity contribution is 8.03. The van der Waals surface area contributed by atoms with Crippen molar-refractivity contribution in [3.8, 4) is 0 Å². The zero-order chi connectivity index (χ0) is 24.0. The average molecular weight is 489 g/mol. The van der Waals surface area contributed by atoms with Crippen LogP contribution in [-0.2, 0) is 24.2 Å². The quantitative estimate of drug-likeness (QED) is 0.359. The molecule has 2 amide bonds. The third-order valence-electron chi connectivity index (χ3n) is 6.47. The van der Waals surface area contributed by atoms with Crippen molar-refractivity contribution in [3.05, 3.63) is 10.6 Å². The van der Waals surface area contributed by atoms with Crippen LogP contribution < -0.4 is 11.1 Å². The summed E-state index contributed by atoms with van der Waals surface area (Å²) in [6.45, 7) is 4.21. The summed E-state index contributed by atoms with van der Waals surface area (Å²) in [5, 5.41) is 13.1. The fourth-order valence-corrected chi connectivity index (χ4v) is 8.02. The minimum atomic E-state index is -3.38. The second-order valence-corrected chi connectivity index (χ2v) is 12.7. The molecule has 0 bridgehead atoms. The Kier molecular flexibility index (Phi) is 7.28. The molecule has 32 heavy (non-hydrogen) atoms. The van der Waals surface area contributed by atoms with E-state index < -0.39 is 27.6 Å². The van der Waals surface area contributed by atoms with Gasteiger partial charge in [0.1, 0.15) is 5.70 Å². The van der Waals surface area contributed by atoms with Gasteiger partial charge in [-0.3, -0.25) is 9.59 Å². The molecule has 0 unspecified atom stereocenters. The normalized spacial score (nSPS) is 30.8. The highest BCUT2D eigenvalue weighted by atomic mass is 32.2. The molecular weight excluding hydrogens is 456 g/mol. The molecule has 3 rings (SSSR count). The minimum absolute atomic E-state index is 0.00491. The van der Waals surface area contributed by atoms with Gasteiger partial charge in [0.2, 0.25) is 11.8 Å². The first-order valence-electron chi connectivity index (χ1n) is 10.7. The number of nitrogens with one attached hydrogen (secondary N) is 1. The van der Waals surface area contributed by atoms with Crippen molar-refractivity contribution in [1.82, 2.24) is 15.1 Å². The van der Waals surface area contributed by atoms with Crippen molar-refractivity contribution in [3.63, 3.8) is 0 Å². The minimum Gasteiger partial charge on any atom is -0.477 e. The Labute approximate surface area is 192 Å². The number of fused-ring (bicyclic) bond motifs is 1. The molecule has 6 atom stereocenters. The smallest absolute Gasteiger partial charge is 0.353 e. The lowest BCUT2D eigenvalue weighted by Gasteiger charge is -2.47. The third-order valence-corrected chi connectivity index (χ3v) is 9.88. The van der Waals surface area contributed by atoms with Crippen LogP contribution in [0.2, 0.25) is 0 Å². The van der Waals surface area contributed by atoms with E-state index in [2.05, 4.69) is 5.32 Å². The number of likely N-dealkylation sites (N-methyl/N-ethyl adjacent to an activating group) is 1. The second-order valence-electron chi connectivity index (χ2n) is 9.08. The molecule has 180 valence electrons. The predicted octanol–water partition coefficient (Wildman–Crippen LogP) is -0.679. The molecule has 0 aliphatic carbocycles. The number of nitrogens with zero attached hydrogens (tertiary/aromatic N) is 2. The van der Waals surface area contributed by atoms with Gasteiger partial charge in [0.25, 0.3) is 0 Å². The van der Waals surface area contributed by atoms with Crippen LogP contribution >= 0.6 is 11.8 Å². The SMILES string of the molecule is C[C@@H](CS(=O)(=O)CCN)[C@H]1C(=O)N2C(C(=O)O)=C(S[C@@H]3CN[C@H](C(=O)N(C)C)C3)[C@H](C)[C@H]12. The van der Waals surface area contributed by atoms with E-state index in [9.17, 15) is 27.9 Å². The van der Waals surface area contributed by atoms with E-state index in [1.807, 2.05) is 6.92 Å². The number of hydrogen-bond acceptors (Lipinski definition) is 8. The van der Waals surface area contributed by atoms with Crippen LogP contribution in [0.4, 0.5) is 0 Å². The van der Waals surface area contributed by atoms with Crippen LogP contribution in [0.1, 0.15) is 20.3 Å². The number of hydrogen-bond donors (Lipinski definition) is 3. The molecule has 2 saturated heterocycles. The van der Waals surface area contributed by atoms with Crippen molar-refractivity contribution >= 4 is 39.4 Å². The Morgan fingerprint density at radius 3 is 2.59 bits per heavy atom. The number of carbonyl (C=O) groups is 3. The number of β-lactam (4-membered cyclic amide) rings is 1. The number of carboxylic acids is 1. The van der Waals surface area contributed by atoms with Crippen molar-refractivity contribution in [2.75, 3.05) is 38.7 Å². The van der Waals surface area contributed by atoms with E-state index in [0.29, 0.717) is 17.9 Å². The maximum atomic E-state index is 12.9. The number of aliphatic carboxylic acids is 1. The Hall–Kier alpha value is -1.63. The number of thioether (sulfide) groups is 1. The van der Waals surface area contributed by atoms with Crippen LogP contribution in [-0.4, -0.2) is 97.1 Å². The highest BCUT2D eigenvalue weighted by Crippen LogP contribution is 2.52. The van der Waals surface area contributed by atoms with Crippen molar-refractivity contribution in [2.24, 2.45) is 23.5 Å². The summed E-state index contributed by atoms with van der Waals surface area (Å²) in [6.07, 6.45) is 0.570. The van der Waals surface area contributed by atoms with Gasteiger partial charge in [-0.15, -0.1) is 11.8 Å². The van der Waals surface area contributed by atoms with Gasteiger partial charge in [-0.25, -0.2) is 13.2 Å². The summed E-state index contributed by atoms with van der Waals surface area (Å²) >= 11 is 1.41. The molecule has 0 radical (unpaired) electrons. The van der Waals surface area contributed by atoms with E-state index >= 15 is 0 Å².